The molecule has 0 saturated carbocycles. The molecule has 1 unspecified atom stereocenters. The molecule has 0 fully saturated rings. The second-order valence-corrected chi connectivity index (χ2v) is 9.75. The Kier molecular flexibility index (Phi) is 4.35. The quantitative estimate of drug-likeness (QED) is 0.759. The van der Waals surface area contributed by atoms with Crippen LogP contribution in [0.4, 0.5) is 0 Å². The smallest absolute Gasteiger partial charge is 0.0815 e. The van der Waals surface area contributed by atoms with Gasteiger partial charge in [0.1, 0.15) is 0 Å². The molecule has 0 amide bonds. The normalized spacial score (nSPS) is 17.8. The number of aromatic nitrogens is 1. The summed E-state index contributed by atoms with van der Waals surface area (Å²) in [5.41, 5.74) is 6.85. The Balaban J connectivity index is 1.51. The van der Waals surface area contributed by atoms with Gasteiger partial charge in [0.15, 0.2) is 0 Å². The second kappa shape index (κ2) is 6.52. The topological polar surface area (TPSA) is 57.1 Å². The first-order valence-electron chi connectivity index (χ1n) is 8.39. The molecule has 25 heavy (non-hydrogen) atoms. The van der Waals surface area contributed by atoms with Gasteiger partial charge in [0.05, 0.1) is 25.5 Å². The lowest BCUT2D eigenvalue weighted by atomic mass is 10.0. The summed E-state index contributed by atoms with van der Waals surface area (Å²) in [6.45, 7) is 2.93. The zero-order valence-corrected chi connectivity index (χ0v) is 15.8. The molecule has 4 rings (SSSR count). The lowest BCUT2D eigenvalue weighted by Crippen LogP contribution is -2.25. The third-order valence-electron chi connectivity index (χ3n) is 4.82. The van der Waals surface area contributed by atoms with E-state index in [2.05, 4.69) is 34.1 Å². The predicted octanol–water partition coefficient (Wildman–Crippen LogP) is 3.93. The van der Waals surface area contributed by atoms with Crippen molar-refractivity contribution in [2.45, 2.75) is 24.3 Å². The van der Waals surface area contributed by atoms with E-state index >= 15 is 0 Å². The largest absolute Gasteiger partial charge is 0.298 e. The Morgan fingerprint density at radius 3 is 2.76 bits per heavy atom. The summed E-state index contributed by atoms with van der Waals surface area (Å²) in [5.74, 6) is 0. The van der Waals surface area contributed by atoms with Crippen molar-refractivity contribution >= 4 is 31.3 Å². The lowest BCUT2D eigenvalue weighted by molar-refractivity contribution is 0.279. The van der Waals surface area contributed by atoms with E-state index < -0.39 is 9.73 Å². The lowest BCUT2D eigenvalue weighted by Gasteiger charge is -2.19. The maximum atomic E-state index is 12.0. The minimum atomic E-state index is -2.65. The molecule has 2 aromatic carbocycles. The van der Waals surface area contributed by atoms with Crippen LogP contribution >= 0.6 is 11.3 Å². The molecule has 0 spiro atoms. The van der Waals surface area contributed by atoms with Gasteiger partial charge in [0.2, 0.25) is 0 Å². The van der Waals surface area contributed by atoms with Gasteiger partial charge in [-0.3, -0.25) is 4.90 Å². The summed E-state index contributed by atoms with van der Waals surface area (Å²) < 4.78 is 21.0. The third kappa shape index (κ3) is 3.61. The van der Waals surface area contributed by atoms with E-state index in [1.807, 2.05) is 17.6 Å². The molecule has 1 aromatic heterocycles. The number of benzene rings is 2. The van der Waals surface area contributed by atoms with Crippen molar-refractivity contribution in [3.63, 3.8) is 0 Å². The highest BCUT2D eigenvalue weighted by atomic mass is 32.2. The first kappa shape index (κ1) is 16.7. The Morgan fingerprint density at radius 2 is 1.96 bits per heavy atom. The van der Waals surface area contributed by atoms with Gasteiger partial charge in [-0.15, -0.1) is 11.3 Å². The Morgan fingerprint density at radius 1 is 1.16 bits per heavy atom. The highest BCUT2D eigenvalue weighted by Crippen LogP contribution is 2.23. The number of nitrogens with one attached hydrogen (secondary N) is 1. The molecule has 2 heterocycles. The van der Waals surface area contributed by atoms with Crippen molar-refractivity contribution in [2.75, 3.05) is 19.3 Å². The van der Waals surface area contributed by atoms with Crippen LogP contribution in [0.5, 0.6) is 0 Å². The van der Waals surface area contributed by atoms with Crippen molar-refractivity contribution in [3.8, 4) is 0 Å². The van der Waals surface area contributed by atoms with Crippen LogP contribution in [0.2, 0.25) is 0 Å². The maximum absolute atomic E-state index is 12.0. The van der Waals surface area contributed by atoms with Gasteiger partial charge in [0.25, 0.3) is 0 Å². The fourth-order valence-electron chi connectivity index (χ4n) is 3.41. The molecular weight excluding hydrogens is 350 g/mol. The van der Waals surface area contributed by atoms with Crippen molar-refractivity contribution in [1.29, 1.82) is 4.78 Å². The number of fused-ring (bicyclic) bond motifs is 2. The summed E-state index contributed by atoms with van der Waals surface area (Å²) in [6.07, 6.45) is 3.43. The highest BCUT2D eigenvalue weighted by Gasteiger charge is 2.16. The fraction of sp³-hybridized carbons (Fsp3) is 0.316. The Labute approximate surface area is 152 Å². The minimum Gasteiger partial charge on any atom is -0.298 e. The monoisotopic (exact) mass is 371 g/mol. The zero-order chi connectivity index (χ0) is 17.4. The molecule has 1 aliphatic heterocycles. The summed E-state index contributed by atoms with van der Waals surface area (Å²) in [5, 5.41) is 0. The van der Waals surface area contributed by atoms with Crippen LogP contribution in [0.15, 0.2) is 46.8 Å². The van der Waals surface area contributed by atoms with Crippen LogP contribution in [-0.4, -0.2) is 33.4 Å². The second-order valence-electron chi connectivity index (χ2n) is 6.70. The Hall–Kier alpha value is -1.76. The first-order valence-corrected chi connectivity index (χ1v) is 11.2. The van der Waals surface area contributed by atoms with Crippen molar-refractivity contribution in [2.24, 2.45) is 0 Å². The van der Waals surface area contributed by atoms with Crippen LogP contribution in [-0.2, 0) is 29.1 Å². The molecular formula is C19H21N3OS2. The molecule has 0 saturated heterocycles. The summed E-state index contributed by atoms with van der Waals surface area (Å²) in [7, 11) is -2.65. The maximum Gasteiger partial charge on any atom is 0.0815 e. The molecule has 0 bridgehead atoms. The van der Waals surface area contributed by atoms with E-state index in [0.29, 0.717) is 4.90 Å². The van der Waals surface area contributed by atoms with Crippen molar-refractivity contribution in [3.05, 3.63) is 58.6 Å². The van der Waals surface area contributed by atoms with E-state index in [1.165, 1.54) is 27.6 Å². The number of hydrogen-bond donors (Lipinski definition) is 1. The van der Waals surface area contributed by atoms with E-state index in [0.717, 1.165) is 38.0 Å². The molecule has 6 heteroatoms. The van der Waals surface area contributed by atoms with Gasteiger partial charge in [-0.25, -0.2) is 14.0 Å². The van der Waals surface area contributed by atoms with E-state index in [-0.39, 0.29) is 0 Å². The van der Waals surface area contributed by atoms with Gasteiger partial charge < -0.3 is 0 Å². The van der Waals surface area contributed by atoms with Gasteiger partial charge >= 0.3 is 0 Å². The average Bonchev–Trinajstić information content (AvgIpc) is 2.95. The van der Waals surface area contributed by atoms with Gasteiger partial charge in [-0.1, -0.05) is 12.1 Å². The van der Waals surface area contributed by atoms with E-state index in [9.17, 15) is 4.21 Å². The molecule has 3 aromatic rings. The van der Waals surface area contributed by atoms with Gasteiger partial charge in [0, 0.05) is 30.8 Å². The van der Waals surface area contributed by atoms with Crippen molar-refractivity contribution < 1.29 is 4.21 Å². The molecule has 1 N–H and O–H groups in total. The summed E-state index contributed by atoms with van der Waals surface area (Å²) in [4.78, 5) is 7.53. The summed E-state index contributed by atoms with van der Waals surface area (Å²) in [6, 6.07) is 12.5. The van der Waals surface area contributed by atoms with Crippen LogP contribution in [0, 0.1) is 4.78 Å². The number of rotatable bonds is 3. The molecule has 1 aliphatic rings. The van der Waals surface area contributed by atoms with Crippen LogP contribution in [0.25, 0.3) is 10.2 Å². The van der Waals surface area contributed by atoms with Crippen molar-refractivity contribution in [1.82, 2.24) is 9.88 Å². The SMILES string of the molecule is CS(=N)(=O)c1ccc2c(c1)CCN(Cc1ccc3scnc3c1)CC2. The molecule has 0 aliphatic carbocycles. The van der Waals surface area contributed by atoms with Crippen LogP contribution in [0.3, 0.4) is 0 Å². The number of thiazole rings is 1. The molecule has 1 atom stereocenters. The van der Waals surface area contributed by atoms with Crippen LogP contribution in [0.1, 0.15) is 16.7 Å². The summed E-state index contributed by atoms with van der Waals surface area (Å²) >= 11 is 1.68. The van der Waals surface area contributed by atoms with Crippen LogP contribution < -0.4 is 0 Å². The molecule has 4 nitrogen and oxygen atoms in total. The molecule has 130 valence electrons. The first-order chi connectivity index (χ1) is 12.0. The standard InChI is InChI=1S/C19H21N3OS2/c1-25(20,23)17-4-3-15-6-8-22(9-7-16(15)11-17)12-14-2-5-19-18(10-14)21-13-24-19/h2-5,10-11,13,20H,6-9,12H2,1H3. The Bertz CT molecular complexity index is 1020. The average molecular weight is 372 g/mol. The molecule has 0 radical (unpaired) electrons. The fourth-order valence-corrected chi connectivity index (χ4v) is 4.76. The van der Waals surface area contributed by atoms with E-state index in [1.54, 1.807) is 11.3 Å². The zero-order valence-electron chi connectivity index (χ0n) is 14.2. The number of hydrogen-bond acceptors (Lipinski definition) is 5. The minimum absolute atomic E-state index is 0.647. The third-order valence-corrected chi connectivity index (χ3v) is 6.79. The number of nitrogens with zero attached hydrogens (tertiary/aromatic N) is 2. The van der Waals surface area contributed by atoms with E-state index in [4.69, 9.17) is 4.78 Å². The predicted molar refractivity (Wildman–Crippen MR) is 104 cm³/mol. The van der Waals surface area contributed by atoms with Gasteiger partial charge in [-0.2, -0.15) is 0 Å². The van der Waals surface area contributed by atoms with Gasteiger partial charge in [-0.05, 0) is 53.8 Å². The highest BCUT2D eigenvalue weighted by molar-refractivity contribution is 7.91.